The lowest BCUT2D eigenvalue weighted by atomic mass is 10.2. The Bertz CT molecular complexity index is 137. The number of hydrogen-bond acceptors (Lipinski definition) is 4. The van der Waals surface area contributed by atoms with E-state index in [1.54, 1.807) is 11.8 Å². The molecule has 1 atom stereocenters. The maximum atomic E-state index is 9.52. The van der Waals surface area contributed by atoms with Crippen molar-refractivity contribution in [1.82, 2.24) is 5.32 Å². The number of nitrogens with one attached hydrogen (secondary N) is 1. The van der Waals surface area contributed by atoms with E-state index in [0.717, 1.165) is 12.3 Å². The molecular formula is C10H23NO2S. The molecule has 0 saturated carbocycles. The number of thioether (sulfide) groups is 1. The average molecular weight is 221 g/mol. The Balaban J connectivity index is 3.32. The quantitative estimate of drug-likeness (QED) is 0.632. The average Bonchev–Trinajstić information content (AvgIpc) is 2.08. The molecule has 14 heavy (non-hydrogen) atoms. The van der Waals surface area contributed by atoms with Crippen molar-refractivity contribution in [2.75, 3.05) is 31.7 Å². The van der Waals surface area contributed by atoms with E-state index in [-0.39, 0.29) is 5.60 Å². The van der Waals surface area contributed by atoms with Gasteiger partial charge in [0, 0.05) is 18.8 Å². The topological polar surface area (TPSA) is 41.5 Å². The lowest BCUT2D eigenvalue weighted by molar-refractivity contribution is -0.0477. The Labute approximate surface area is 91.6 Å². The fourth-order valence-electron chi connectivity index (χ4n) is 0.848. The van der Waals surface area contributed by atoms with Gasteiger partial charge in [-0.1, -0.05) is 0 Å². The third kappa shape index (κ3) is 10.3. The molecule has 0 aromatic rings. The van der Waals surface area contributed by atoms with Crippen molar-refractivity contribution in [2.45, 2.75) is 32.5 Å². The van der Waals surface area contributed by atoms with Gasteiger partial charge in [0.1, 0.15) is 0 Å². The highest BCUT2D eigenvalue weighted by Gasteiger charge is 2.12. The van der Waals surface area contributed by atoms with Gasteiger partial charge in [0.2, 0.25) is 0 Å². The van der Waals surface area contributed by atoms with Crippen molar-refractivity contribution in [3.05, 3.63) is 0 Å². The summed E-state index contributed by atoms with van der Waals surface area (Å²) in [5.41, 5.74) is -0.166. The van der Waals surface area contributed by atoms with Gasteiger partial charge in [0.15, 0.2) is 0 Å². The van der Waals surface area contributed by atoms with E-state index in [2.05, 4.69) is 11.6 Å². The predicted octanol–water partition coefficient (Wildman–Crippen LogP) is 1.11. The van der Waals surface area contributed by atoms with Gasteiger partial charge in [-0.2, -0.15) is 11.8 Å². The van der Waals surface area contributed by atoms with Gasteiger partial charge in [-0.05, 0) is 27.0 Å². The smallest absolute Gasteiger partial charge is 0.0897 e. The zero-order chi connectivity index (χ0) is 11.0. The monoisotopic (exact) mass is 221 g/mol. The molecule has 0 rings (SSSR count). The summed E-state index contributed by atoms with van der Waals surface area (Å²) in [5.74, 6) is 1.08. The summed E-state index contributed by atoms with van der Waals surface area (Å²) in [4.78, 5) is 0. The molecule has 0 fully saturated rings. The van der Waals surface area contributed by atoms with Gasteiger partial charge in [0.25, 0.3) is 0 Å². The van der Waals surface area contributed by atoms with Crippen molar-refractivity contribution in [1.29, 1.82) is 0 Å². The highest BCUT2D eigenvalue weighted by atomic mass is 32.2. The van der Waals surface area contributed by atoms with Crippen LogP contribution >= 0.6 is 11.8 Å². The fraction of sp³-hybridized carbons (Fsp3) is 1.00. The van der Waals surface area contributed by atoms with E-state index >= 15 is 0 Å². The van der Waals surface area contributed by atoms with Gasteiger partial charge in [-0.3, -0.25) is 0 Å². The molecule has 2 N–H and O–H groups in total. The summed E-state index contributed by atoms with van der Waals surface area (Å²) in [5, 5.41) is 12.7. The Morgan fingerprint density at radius 2 is 2.07 bits per heavy atom. The lowest BCUT2D eigenvalue weighted by Crippen LogP contribution is -2.34. The van der Waals surface area contributed by atoms with Crippen LogP contribution in [0.3, 0.4) is 0 Å². The van der Waals surface area contributed by atoms with E-state index in [1.807, 2.05) is 20.8 Å². The minimum Gasteiger partial charge on any atom is -0.389 e. The highest BCUT2D eigenvalue weighted by Crippen LogP contribution is 2.06. The van der Waals surface area contributed by atoms with Crippen LogP contribution in [0, 0.1) is 0 Å². The number of aliphatic hydroxyl groups excluding tert-OH is 1. The molecule has 0 aromatic carbocycles. The summed E-state index contributed by atoms with van der Waals surface area (Å²) < 4.78 is 5.45. The first-order chi connectivity index (χ1) is 6.45. The largest absolute Gasteiger partial charge is 0.389 e. The normalized spacial score (nSPS) is 14.4. The molecule has 86 valence electrons. The first-order valence-corrected chi connectivity index (χ1v) is 6.37. The molecule has 0 radical (unpaired) electrons. The van der Waals surface area contributed by atoms with Crippen LogP contribution in [-0.4, -0.2) is 48.5 Å². The minimum absolute atomic E-state index is 0.166. The molecule has 0 spiro atoms. The van der Waals surface area contributed by atoms with Crippen LogP contribution in [-0.2, 0) is 4.74 Å². The maximum absolute atomic E-state index is 9.52. The summed E-state index contributed by atoms with van der Waals surface area (Å²) in [7, 11) is 0. The second-order valence-corrected chi connectivity index (χ2v) is 5.26. The van der Waals surface area contributed by atoms with E-state index in [4.69, 9.17) is 4.74 Å². The zero-order valence-electron chi connectivity index (χ0n) is 9.67. The van der Waals surface area contributed by atoms with Crippen molar-refractivity contribution in [2.24, 2.45) is 0 Å². The highest BCUT2D eigenvalue weighted by molar-refractivity contribution is 7.98. The maximum Gasteiger partial charge on any atom is 0.0897 e. The number of rotatable bonds is 7. The van der Waals surface area contributed by atoms with Gasteiger partial charge in [-0.25, -0.2) is 0 Å². The van der Waals surface area contributed by atoms with Gasteiger partial charge in [-0.15, -0.1) is 0 Å². The molecule has 0 aliphatic heterocycles. The Hall–Kier alpha value is 0.230. The second-order valence-electron chi connectivity index (χ2n) is 4.27. The van der Waals surface area contributed by atoms with Crippen molar-refractivity contribution < 1.29 is 9.84 Å². The van der Waals surface area contributed by atoms with Crippen LogP contribution in [0.25, 0.3) is 0 Å². The standard InChI is InChI=1S/C10H23NO2S/c1-10(2,3)13-8-9(12)7-11-5-6-14-4/h9,11-12H,5-8H2,1-4H3. The molecule has 0 bridgehead atoms. The molecule has 0 aromatic heterocycles. The fourth-order valence-corrected chi connectivity index (χ4v) is 1.20. The predicted molar refractivity (Wildman–Crippen MR) is 63.0 cm³/mol. The Morgan fingerprint density at radius 1 is 1.43 bits per heavy atom. The molecule has 3 nitrogen and oxygen atoms in total. The molecule has 4 heteroatoms. The number of ether oxygens (including phenoxy) is 1. The zero-order valence-corrected chi connectivity index (χ0v) is 10.5. The van der Waals surface area contributed by atoms with Crippen LogP contribution in [0.1, 0.15) is 20.8 Å². The summed E-state index contributed by atoms with van der Waals surface area (Å²) >= 11 is 1.80. The Morgan fingerprint density at radius 3 is 2.57 bits per heavy atom. The van der Waals surface area contributed by atoms with Gasteiger partial charge < -0.3 is 15.2 Å². The molecule has 0 aliphatic rings. The second kappa shape index (κ2) is 7.51. The third-order valence-electron chi connectivity index (χ3n) is 1.57. The van der Waals surface area contributed by atoms with Crippen LogP contribution < -0.4 is 5.32 Å². The molecule has 0 amide bonds. The van der Waals surface area contributed by atoms with Crippen LogP contribution in [0.2, 0.25) is 0 Å². The van der Waals surface area contributed by atoms with Crippen molar-refractivity contribution in [3.63, 3.8) is 0 Å². The van der Waals surface area contributed by atoms with E-state index in [1.165, 1.54) is 0 Å². The summed E-state index contributed by atoms with van der Waals surface area (Å²) in [6, 6.07) is 0. The number of aliphatic hydroxyl groups is 1. The van der Waals surface area contributed by atoms with Crippen LogP contribution in [0.5, 0.6) is 0 Å². The molecular weight excluding hydrogens is 198 g/mol. The first kappa shape index (κ1) is 14.2. The summed E-state index contributed by atoms with van der Waals surface area (Å²) in [6.45, 7) is 7.91. The Kier molecular flexibility index (Phi) is 7.64. The molecule has 1 unspecified atom stereocenters. The number of hydrogen-bond donors (Lipinski definition) is 2. The van der Waals surface area contributed by atoms with Crippen LogP contribution in [0.15, 0.2) is 0 Å². The van der Waals surface area contributed by atoms with Crippen molar-refractivity contribution >= 4 is 11.8 Å². The lowest BCUT2D eigenvalue weighted by Gasteiger charge is -2.22. The third-order valence-corrected chi connectivity index (χ3v) is 2.18. The molecule has 0 saturated heterocycles. The van der Waals surface area contributed by atoms with Crippen molar-refractivity contribution in [3.8, 4) is 0 Å². The molecule has 0 aliphatic carbocycles. The van der Waals surface area contributed by atoms with E-state index in [0.29, 0.717) is 13.2 Å². The van der Waals surface area contributed by atoms with E-state index < -0.39 is 6.10 Å². The van der Waals surface area contributed by atoms with Gasteiger partial charge in [0.05, 0.1) is 18.3 Å². The van der Waals surface area contributed by atoms with E-state index in [9.17, 15) is 5.11 Å². The SMILES string of the molecule is CSCCNCC(O)COC(C)(C)C. The van der Waals surface area contributed by atoms with Crippen LogP contribution in [0.4, 0.5) is 0 Å². The summed E-state index contributed by atoms with van der Waals surface area (Å²) in [6.07, 6.45) is 1.66. The molecule has 0 heterocycles. The van der Waals surface area contributed by atoms with Gasteiger partial charge >= 0.3 is 0 Å². The minimum atomic E-state index is -0.406. The first-order valence-electron chi connectivity index (χ1n) is 4.97.